The normalized spacial score (nSPS) is 10.6. The maximum atomic E-state index is 11.5. The van der Waals surface area contributed by atoms with Gasteiger partial charge >= 0.3 is 0 Å². The van der Waals surface area contributed by atoms with Gasteiger partial charge in [0.25, 0.3) is 5.91 Å². The van der Waals surface area contributed by atoms with Gasteiger partial charge in [-0.3, -0.25) is 4.79 Å². The third-order valence-corrected chi connectivity index (χ3v) is 3.87. The number of benzene rings is 1. The zero-order chi connectivity index (χ0) is 17.7. The molecule has 0 radical (unpaired) electrons. The number of rotatable bonds is 8. The number of amides is 1. The molecule has 0 aliphatic carbocycles. The molecule has 132 valence electrons. The van der Waals surface area contributed by atoms with Gasteiger partial charge in [0.05, 0.1) is 4.90 Å². The first-order valence-corrected chi connectivity index (χ1v) is 9.53. The molecule has 0 fully saturated rings. The van der Waals surface area contributed by atoms with Crippen LogP contribution in [0.3, 0.4) is 0 Å². The Bertz CT molecular complexity index is 538. The van der Waals surface area contributed by atoms with E-state index in [1.807, 2.05) is 6.92 Å². The highest BCUT2D eigenvalue weighted by atomic mass is 32.2. The number of nitrogens with two attached hydrogens (primary N) is 1. The van der Waals surface area contributed by atoms with Crippen molar-refractivity contribution >= 4 is 15.9 Å². The Morgan fingerprint density at radius 3 is 2.09 bits per heavy atom. The molecular weight excluding hydrogens is 314 g/mol. The minimum atomic E-state index is -3.69. The Hall–Kier alpha value is -1.44. The van der Waals surface area contributed by atoms with Crippen LogP contribution in [0.1, 0.15) is 50.4 Å². The number of carbonyl (C=O) groups is 1. The fourth-order valence-electron chi connectivity index (χ4n) is 1.62. The second kappa shape index (κ2) is 12.0. The molecule has 7 heteroatoms. The van der Waals surface area contributed by atoms with Gasteiger partial charge in [-0.2, -0.15) is 0 Å². The van der Waals surface area contributed by atoms with Gasteiger partial charge in [-0.05, 0) is 50.2 Å². The maximum absolute atomic E-state index is 11.5. The summed E-state index contributed by atoms with van der Waals surface area (Å²) < 4.78 is 21.9. The molecule has 0 atom stereocenters. The van der Waals surface area contributed by atoms with Crippen LogP contribution in [0.25, 0.3) is 0 Å². The van der Waals surface area contributed by atoms with E-state index >= 15 is 0 Å². The van der Waals surface area contributed by atoms with Crippen LogP contribution in [0.15, 0.2) is 29.2 Å². The van der Waals surface area contributed by atoms with Crippen LogP contribution in [-0.2, 0) is 10.0 Å². The van der Waals surface area contributed by atoms with Gasteiger partial charge in [0.15, 0.2) is 0 Å². The number of hydrogen-bond donors (Lipinski definition) is 3. The zero-order valence-electron chi connectivity index (χ0n) is 14.3. The van der Waals surface area contributed by atoms with Crippen molar-refractivity contribution < 1.29 is 13.2 Å². The molecule has 0 saturated heterocycles. The van der Waals surface area contributed by atoms with Crippen LogP contribution in [0.4, 0.5) is 0 Å². The molecule has 1 aromatic carbocycles. The van der Waals surface area contributed by atoms with Crippen LogP contribution in [-0.4, -0.2) is 34.0 Å². The third-order valence-electron chi connectivity index (χ3n) is 2.94. The molecule has 4 N–H and O–H groups in total. The second-order valence-electron chi connectivity index (χ2n) is 5.03. The number of nitrogens with one attached hydrogen (secondary N) is 2. The van der Waals surface area contributed by atoms with Crippen molar-refractivity contribution in [1.82, 2.24) is 10.6 Å². The summed E-state index contributed by atoms with van der Waals surface area (Å²) in [6.45, 7) is 9.18. The molecular formula is C16H29N3O3S. The molecule has 1 rings (SSSR count). The molecule has 0 aliphatic rings. The van der Waals surface area contributed by atoms with E-state index in [0.29, 0.717) is 12.1 Å². The molecule has 1 amide bonds. The first-order chi connectivity index (χ1) is 10.9. The number of unbranched alkanes of at least 4 members (excludes halogenated alkanes) is 1. The van der Waals surface area contributed by atoms with Crippen molar-refractivity contribution in [3.63, 3.8) is 0 Å². The minimum Gasteiger partial charge on any atom is -0.352 e. The van der Waals surface area contributed by atoms with Gasteiger partial charge in [-0.15, -0.1) is 0 Å². The lowest BCUT2D eigenvalue weighted by molar-refractivity contribution is 0.0953. The van der Waals surface area contributed by atoms with E-state index in [2.05, 4.69) is 24.5 Å². The monoisotopic (exact) mass is 343 g/mol. The van der Waals surface area contributed by atoms with Crippen molar-refractivity contribution in [2.24, 2.45) is 5.14 Å². The number of hydrogen-bond acceptors (Lipinski definition) is 4. The topological polar surface area (TPSA) is 101 Å². The van der Waals surface area contributed by atoms with E-state index in [0.717, 1.165) is 13.0 Å². The molecule has 0 aliphatic heterocycles. The van der Waals surface area contributed by atoms with Crippen LogP contribution >= 0.6 is 0 Å². The molecule has 0 aromatic heterocycles. The zero-order valence-corrected chi connectivity index (χ0v) is 15.1. The van der Waals surface area contributed by atoms with Gasteiger partial charge in [-0.25, -0.2) is 13.6 Å². The lowest BCUT2D eigenvalue weighted by Crippen LogP contribution is -2.24. The summed E-state index contributed by atoms with van der Waals surface area (Å²) in [5, 5.41) is 10.9. The Labute approximate surface area is 139 Å². The van der Waals surface area contributed by atoms with E-state index < -0.39 is 10.0 Å². The van der Waals surface area contributed by atoms with E-state index in [1.54, 1.807) is 0 Å². The summed E-state index contributed by atoms with van der Waals surface area (Å²) in [6, 6.07) is 5.50. The largest absolute Gasteiger partial charge is 0.352 e. The summed E-state index contributed by atoms with van der Waals surface area (Å²) in [7, 11) is -3.69. The van der Waals surface area contributed by atoms with Gasteiger partial charge in [-0.1, -0.05) is 27.2 Å². The first kappa shape index (κ1) is 21.6. The Kier molecular flexibility index (Phi) is 11.3. The molecule has 0 saturated carbocycles. The van der Waals surface area contributed by atoms with Crippen molar-refractivity contribution in [1.29, 1.82) is 0 Å². The molecule has 6 nitrogen and oxygen atoms in total. The Morgan fingerprint density at radius 2 is 1.65 bits per heavy atom. The average Bonchev–Trinajstić information content (AvgIpc) is 2.53. The van der Waals surface area contributed by atoms with Gasteiger partial charge in [0.1, 0.15) is 0 Å². The van der Waals surface area contributed by atoms with Crippen molar-refractivity contribution in [2.75, 3.05) is 19.6 Å². The van der Waals surface area contributed by atoms with Crippen molar-refractivity contribution in [3.8, 4) is 0 Å². The van der Waals surface area contributed by atoms with Gasteiger partial charge in [0.2, 0.25) is 10.0 Å². The smallest absolute Gasteiger partial charge is 0.251 e. The summed E-state index contributed by atoms with van der Waals surface area (Å²) in [5.74, 6) is -0.220. The van der Waals surface area contributed by atoms with E-state index in [1.165, 1.54) is 43.7 Å². The summed E-state index contributed by atoms with van der Waals surface area (Å²) >= 11 is 0. The second-order valence-corrected chi connectivity index (χ2v) is 6.59. The SMILES string of the molecule is CCCCNCC.CCCNC(=O)c1ccc(S(N)(=O)=O)cc1. The van der Waals surface area contributed by atoms with Crippen LogP contribution in [0.2, 0.25) is 0 Å². The molecule has 0 spiro atoms. The first-order valence-electron chi connectivity index (χ1n) is 7.98. The Morgan fingerprint density at radius 1 is 1.04 bits per heavy atom. The lowest BCUT2D eigenvalue weighted by Gasteiger charge is -2.04. The molecule has 1 aromatic rings. The van der Waals surface area contributed by atoms with Crippen LogP contribution in [0.5, 0.6) is 0 Å². The maximum Gasteiger partial charge on any atom is 0.251 e. The fourth-order valence-corrected chi connectivity index (χ4v) is 2.13. The summed E-state index contributed by atoms with van der Waals surface area (Å²) in [4.78, 5) is 11.5. The molecule has 23 heavy (non-hydrogen) atoms. The van der Waals surface area contributed by atoms with Crippen molar-refractivity contribution in [3.05, 3.63) is 29.8 Å². The average molecular weight is 343 g/mol. The minimum absolute atomic E-state index is 0.000425. The highest BCUT2D eigenvalue weighted by molar-refractivity contribution is 7.89. The highest BCUT2D eigenvalue weighted by Crippen LogP contribution is 2.08. The third kappa shape index (κ3) is 10.0. The molecule has 0 unspecified atom stereocenters. The van der Waals surface area contributed by atoms with Crippen LogP contribution in [0, 0.1) is 0 Å². The Balaban J connectivity index is 0.000000585. The number of carbonyl (C=O) groups excluding carboxylic acids is 1. The predicted molar refractivity (Wildman–Crippen MR) is 93.9 cm³/mol. The predicted octanol–water partition coefficient (Wildman–Crippen LogP) is 1.87. The van der Waals surface area contributed by atoms with Crippen LogP contribution < -0.4 is 15.8 Å². The van der Waals surface area contributed by atoms with Gasteiger partial charge < -0.3 is 10.6 Å². The van der Waals surface area contributed by atoms with E-state index in [4.69, 9.17) is 5.14 Å². The number of primary sulfonamides is 1. The summed E-state index contributed by atoms with van der Waals surface area (Å²) in [6.07, 6.45) is 3.46. The lowest BCUT2D eigenvalue weighted by atomic mass is 10.2. The fraction of sp³-hybridized carbons (Fsp3) is 0.562. The van der Waals surface area contributed by atoms with E-state index in [-0.39, 0.29) is 10.8 Å². The van der Waals surface area contributed by atoms with Gasteiger partial charge in [0, 0.05) is 12.1 Å². The quantitative estimate of drug-likeness (QED) is 0.627. The molecule has 0 bridgehead atoms. The summed E-state index contributed by atoms with van der Waals surface area (Å²) in [5.41, 5.74) is 0.417. The molecule has 0 heterocycles. The standard InChI is InChI=1S/C10H14N2O3S.C6H15N/c1-2-7-12-10(13)8-3-5-9(6-4-8)16(11,14)15;1-3-5-6-7-4-2/h3-6H,2,7H2,1H3,(H,12,13)(H2,11,14,15);7H,3-6H2,1-2H3. The van der Waals surface area contributed by atoms with E-state index in [9.17, 15) is 13.2 Å². The number of sulfonamides is 1. The highest BCUT2D eigenvalue weighted by Gasteiger charge is 2.09. The van der Waals surface area contributed by atoms with Crippen molar-refractivity contribution in [2.45, 2.75) is 44.9 Å².